The molecule has 2 heterocycles. The van der Waals surface area contributed by atoms with E-state index in [0.717, 1.165) is 26.1 Å². The van der Waals surface area contributed by atoms with Crippen LogP contribution in [0.3, 0.4) is 0 Å². The lowest BCUT2D eigenvalue weighted by molar-refractivity contribution is 0.0904. The zero-order chi connectivity index (χ0) is 9.80. The smallest absolute Gasteiger partial charge is 0.252 e. The summed E-state index contributed by atoms with van der Waals surface area (Å²) in [5.74, 6) is 0.639. The van der Waals surface area contributed by atoms with Gasteiger partial charge in [-0.3, -0.25) is 4.79 Å². The number of hydrogen-bond donors (Lipinski definition) is 2. The molecule has 0 bridgehead atoms. The first-order chi connectivity index (χ1) is 6.84. The molecule has 0 spiro atoms. The Morgan fingerprint density at radius 3 is 3.00 bits per heavy atom. The number of nitrogens with one attached hydrogen (secondary N) is 2. The summed E-state index contributed by atoms with van der Waals surface area (Å²) in [6.07, 6.45) is 3.34. The van der Waals surface area contributed by atoms with Gasteiger partial charge in [0.25, 0.3) is 5.56 Å². The van der Waals surface area contributed by atoms with Crippen LogP contribution in [0.2, 0.25) is 0 Å². The highest BCUT2D eigenvalue weighted by atomic mass is 16.5. The van der Waals surface area contributed by atoms with Gasteiger partial charge in [0, 0.05) is 25.3 Å². The minimum Gasteiger partial charge on any atom is -0.381 e. The minimum absolute atomic E-state index is 0.130. The highest BCUT2D eigenvalue weighted by molar-refractivity contribution is 5.32. The first-order valence-corrected chi connectivity index (χ1v) is 4.73. The number of ether oxygens (including phenoxy) is 1. The molecule has 0 aromatic carbocycles. The van der Waals surface area contributed by atoms with Gasteiger partial charge in [-0.2, -0.15) is 0 Å². The van der Waals surface area contributed by atoms with Crippen LogP contribution < -0.4 is 10.9 Å². The SMILES string of the molecule is O=c1cc(NC2CCOCC2)nc[nH]1. The maximum absolute atomic E-state index is 11.0. The van der Waals surface area contributed by atoms with E-state index in [-0.39, 0.29) is 5.56 Å². The number of aromatic nitrogens is 2. The summed E-state index contributed by atoms with van der Waals surface area (Å²) in [4.78, 5) is 17.5. The second-order valence-electron chi connectivity index (χ2n) is 3.33. The van der Waals surface area contributed by atoms with Crippen LogP contribution in [-0.4, -0.2) is 29.2 Å². The fourth-order valence-corrected chi connectivity index (χ4v) is 1.50. The highest BCUT2D eigenvalue weighted by Crippen LogP contribution is 2.11. The summed E-state index contributed by atoms with van der Waals surface area (Å²) in [6.45, 7) is 1.56. The molecule has 2 rings (SSSR count). The normalized spacial score (nSPS) is 18.0. The van der Waals surface area contributed by atoms with Crippen molar-refractivity contribution >= 4 is 5.82 Å². The van der Waals surface area contributed by atoms with E-state index in [0.29, 0.717) is 11.9 Å². The van der Waals surface area contributed by atoms with E-state index in [1.54, 1.807) is 0 Å². The number of nitrogens with zero attached hydrogens (tertiary/aromatic N) is 1. The second-order valence-corrected chi connectivity index (χ2v) is 3.33. The average Bonchev–Trinajstić information content (AvgIpc) is 2.19. The third-order valence-corrected chi connectivity index (χ3v) is 2.25. The molecular formula is C9H13N3O2. The molecule has 1 aliphatic rings. The van der Waals surface area contributed by atoms with Crippen LogP contribution in [0.4, 0.5) is 5.82 Å². The van der Waals surface area contributed by atoms with E-state index in [1.807, 2.05) is 0 Å². The Hall–Kier alpha value is -1.36. The van der Waals surface area contributed by atoms with Gasteiger partial charge in [0.2, 0.25) is 0 Å². The van der Waals surface area contributed by atoms with Gasteiger partial charge >= 0.3 is 0 Å². The molecule has 1 fully saturated rings. The molecule has 0 amide bonds. The van der Waals surface area contributed by atoms with Crippen LogP contribution in [-0.2, 0) is 4.74 Å². The summed E-state index contributed by atoms with van der Waals surface area (Å²) in [7, 11) is 0. The van der Waals surface area contributed by atoms with Gasteiger partial charge in [-0.05, 0) is 12.8 Å². The largest absolute Gasteiger partial charge is 0.381 e. The molecule has 0 saturated carbocycles. The second kappa shape index (κ2) is 4.23. The minimum atomic E-state index is -0.130. The lowest BCUT2D eigenvalue weighted by Crippen LogP contribution is -2.28. The maximum atomic E-state index is 11.0. The Balaban J connectivity index is 1.99. The highest BCUT2D eigenvalue weighted by Gasteiger charge is 2.13. The summed E-state index contributed by atoms with van der Waals surface area (Å²) >= 11 is 0. The predicted octanol–water partition coefficient (Wildman–Crippen LogP) is 0.361. The van der Waals surface area contributed by atoms with E-state index in [2.05, 4.69) is 15.3 Å². The van der Waals surface area contributed by atoms with Crippen molar-refractivity contribution in [3.63, 3.8) is 0 Å². The third-order valence-electron chi connectivity index (χ3n) is 2.25. The molecule has 0 atom stereocenters. The number of H-pyrrole nitrogens is 1. The fraction of sp³-hybridized carbons (Fsp3) is 0.556. The quantitative estimate of drug-likeness (QED) is 0.715. The zero-order valence-electron chi connectivity index (χ0n) is 7.82. The molecule has 0 unspecified atom stereocenters. The number of anilines is 1. The number of hydrogen-bond acceptors (Lipinski definition) is 4. The van der Waals surface area contributed by atoms with Crippen molar-refractivity contribution in [2.45, 2.75) is 18.9 Å². The topological polar surface area (TPSA) is 67.0 Å². The first-order valence-electron chi connectivity index (χ1n) is 4.73. The van der Waals surface area contributed by atoms with E-state index in [4.69, 9.17) is 4.74 Å². The molecule has 1 saturated heterocycles. The molecule has 1 aromatic rings. The number of aromatic amines is 1. The number of rotatable bonds is 2. The first kappa shape index (κ1) is 9.21. The molecule has 76 valence electrons. The molecule has 1 aromatic heterocycles. The Morgan fingerprint density at radius 2 is 2.29 bits per heavy atom. The van der Waals surface area contributed by atoms with Crippen molar-refractivity contribution in [3.05, 3.63) is 22.7 Å². The lowest BCUT2D eigenvalue weighted by Gasteiger charge is -2.23. The van der Waals surface area contributed by atoms with Gasteiger partial charge < -0.3 is 15.0 Å². The lowest BCUT2D eigenvalue weighted by atomic mass is 10.1. The van der Waals surface area contributed by atoms with Crippen molar-refractivity contribution in [2.75, 3.05) is 18.5 Å². The van der Waals surface area contributed by atoms with E-state index in [9.17, 15) is 4.79 Å². The Labute approximate surface area is 81.5 Å². The van der Waals surface area contributed by atoms with Gasteiger partial charge in [0.05, 0.1) is 6.33 Å². The molecule has 14 heavy (non-hydrogen) atoms. The predicted molar refractivity (Wildman–Crippen MR) is 52.3 cm³/mol. The van der Waals surface area contributed by atoms with Crippen molar-refractivity contribution in [3.8, 4) is 0 Å². The zero-order valence-corrected chi connectivity index (χ0v) is 7.82. The molecule has 5 nitrogen and oxygen atoms in total. The summed E-state index contributed by atoms with van der Waals surface area (Å²) in [5, 5.41) is 3.21. The monoisotopic (exact) mass is 195 g/mol. The van der Waals surface area contributed by atoms with E-state index >= 15 is 0 Å². The summed E-state index contributed by atoms with van der Waals surface area (Å²) in [6, 6.07) is 1.84. The molecule has 5 heteroatoms. The molecule has 1 aliphatic heterocycles. The van der Waals surface area contributed by atoms with Crippen LogP contribution in [0.25, 0.3) is 0 Å². The Morgan fingerprint density at radius 1 is 1.50 bits per heavy atom. The van der Waals surface area contributed by atoms with Gasteiger partial charge in [-0.25, -0.2) is 4.98 Å². The molecule has 0 aliphatic carbocycles. The maximum Gasteiger partial charge on any atom is 0.252 e. The molecule has 0 radical (unpaired) electrons. The molecule has 2 N–H and O–H groups in total. The summed E-state index contributed by atoms with van der Waals surface area (Å²) in [5.41, 5.74) is -0.130. The third kappa shape index (κ3) is 2.32. The van der Waals surface area contributed by atoms with Crippen molar-refractivity contribution in [1.82, 2.24) is 9.97 Å². The van der Waals surface area contributed by atoms with Crippen molar-refractivity contribution in [2.24, 2.45) is 0 Å². The van der Waals surface area contributed by atoms with Crippen LogP contribution in [0.15, 0.2) is 17.2 Å². The van der Waals surface area contributed by atoms with Crippen LogP contribution in [0, 0.1) is 0 Å². The van der Waals surface area contributed by atoms with Gasteiger partial charge in [-0.1, -0.05) is 0 Å². The fourth-order valence-electron chi connectivity index (χ4n) is 1.50. The average molecular weight is 195 g/mol. The van der Waals surface area contributed by atoms with Crippen molar-refractivity contribution < 1.29 is 4.74 Å². The van der Waals surface area contributed by atoms with Crippen LogP contribution in [0.5, 0.6) is 0 Å². The van der Waals surface area contributed by atoms with E-state index < -0.39 is 0 Å². The Kier molecular flexibility index (Phi) is 2.78. The van der Waals surface area contributed by atoms with Gasteiger partial charge in [-0.15, -0.1) is 0 Å². The Bertz CT molecular complexity index is 344. The standard InChI is InChI=1S/C9H13N3O2/c13-9-5-8(10-6-11-9)12-7-1-3-14-4-2-7/h5-7H,1-4H2,(H2,10,11,12,13). The molecular weight excluding hydrogens is 182 g/mol. The summed E-state index contributed by atoms with van der Waals surface area (Å²) < 4.78 is 5.23. The van der Waals surface area contributed by atoms with Crippen molar-refractivity contribution in [1.29, 1.82) is 0 Å². The van der Waals surface area contributed by atoms with Gasteiger partial charge in [0.15, 0.2) is 0 Å². The van der Waals surface area contributed by atoms with Crippen LogP contribution in [0.1, 0.15) is 12.8 Å². The van der Waals surface area contributed by atoms with E-state index in [1.165, 1.54) is 12.4 Å². The van der Waals surface area contributed by atoms with Gasteiger partial charge in [0.1, 0.15) is 5.82 Å². The van der Waals surface area contributed by atoms with Crippen LogP contribution >= 0.6 is 0 Å².